The Balaban J connectivity index is 2.40. The SMILES string of the molecule is CCOC(=O)/C(C=N)=C(/Nc1cccc(C(=O)O)c1)[C@@H]1CC1/C(N)=C/N(C)N. The van der Waals surface area contributed by atoms with Crippen molar-refractivity contribution in [3.63, 3.8) is 0 Å². The van der Waals surface area contributed by atoms with Crippen LogP contribution in [0.5, 0.6) is 0 Å². The van der Waals surface area contributed by atoms with Gasteiger partial charge in [0, 0.05) is 48.4 Å². The Hall–Kier alpha value is -3.33. The molecule has 0 radical (unpaired) electrons. The predicted octanol–water partition coefficient (Wildman–Crippen LogP) is 1.51. The maximum Gasteiger partial charge on any atom is 0.341 e. The summed E-state index contributed by atoms with van der Waals surface area (Å²) in [5.41, 5.74) is 7.77. The molecule has 0 aromatic heterocycles. The minimum Gasteiger partial charge on any atom is -0.478 e. The smallest absolute Gasteiger partial charge is 0.341 e. The Morgan fingerprint density at radius 3 is 2.71 bits per heavy atom. The molecule has 1 aromatic carbocycles. The number of hydrogen-bond acceptors (Lipinski definition) is 8. The molecule has 28 heavy (non-hydrogen) atoms. The van der Waals surface area contributed by atoms with E-state index in [1.165, 1.54) is 17.1 Å². The highest BCUT2D eigenvalue weighted by molar-refractivity contribution is 6.10. The largest absolute Gasteiger partial charge is 0.478 e. The summed E-state index contributed by atoms with van der Waals surface area (Å²) in [6.07, 6.45) is 3.20. The van der Waals surface area contributed by atoms with Gasteiger partial charge in [0.15, 0.2) is 0 Å². The minimum absolute atomic E-state index is 0.0551. The van der Waals surface area contributed by atoms with Crippen molar-refractivity contribution in [2.45, 2.75) is 13.3 Å². The Kier molecular flexibility index (Phi) is 6.78. The van der Waals surface area contributed by atoms with E-state index in [9.17, 15) is 14.7 Å². The van der Waals surface area contributed by atoms with E-state index in [0.717, 1.165) is 6.21 Å². The zero-order valence-electron chi connectivity index (χ0n) is 15.8. The van der Waals surface area contributed by atoms with Gasteiger partial charge in [0.1, 0.15) is 0 Å². The number of carboxylic acids is 1. The highest BCUT2D eigenvalue weighted by Gasteiger charge is 2.44. The lowest BCUT2D eigenvalue weighted by molar-refractivity contribution is -0.137. The van der Waals surface area contributed by atoms with E-state index in [1.54, 1.807) is 32.3 Å². The number of rotatable bonds is 9. The molecule has 9 heteroatoms. The first-order valence-corrected chi connectivity index (χ1v) is 8.75. The Morgan fingerprint density at radius 1 is 1.43 bits per heavy atom. The molecule has 1 fully saturated rings. The number of allylic oxidation sites excluding steroid dienone is 2. The molecule has 0 aliphatic heterocycles. The molecule has 1 saturated carbocycles. The summed E-state index contributed by atoms with van der Waals surface area (Å²) in [6.45, 7) is 1.85. The number of aromatic carboxylic acids is 1. The van der Waals surface area contributed by atoms with Crippen LogP contribution in [0.1, 0.15) is 23.7 Å². The quantitative estimate of drug-likeness (QED) is 0.140. The lowest BCUT2D eigenvalue weighted by Crippen LogP contribution is -2.22. The molecule has 0 spiro atoms. The molecule has 7 N–H and O–H groups in total. The first-order valence-electron chi connectivity index (χ1n) is 8.75. The van der Waals surface area contributed by atoms with Crippen LogP contribution in [0, 0.1) is 17.2 Å². The molecule has 2 rings (SSSR count). The van der Waals surface area contributed by atoms with Crippen LogP contribution in [0.4, 0.5) is 5.69 Å². The second-order valence-corrected chi connectivity index (χ2v) is 6.45. The number of nitrogens with two attached hydrogens (primary N) is 2. The summed E-state index contributed by atoms with van der Waals surface area (Å²) in [7, 11) is 1.65. The molecule has 2 atom stereocenters. The van der Waals surface area contributed by atoms with Crippen LogP contribution in [0.2, 0.25) is 0 Å². The summed E-state index contributed by atoms with van der Waals surface area (Å²) in [6, 6.07) is 6.21. The van der Waals surface area contributed by atoms with E-state index in [2.05, 4.69) is 5.32 Å². The van der Waals surface area contributed by atoms with Crippen LogP contribution in [-0.2, 0) is 9.53 Å². The first kappa shape index (κ1) is 21.0. The van der Waals surface area contributed by atoms with Crippen molar-refractivity contribution in [3.05, 3.63) is 53.0 Å². The highest BCUT2D eigenvalue weighted by atomic mass is 16.5. The number of carbonyl (C=O) groups is 2. The number of ether oxygens (including phenoxy) is 1. The summed E-state index contributed by atoms with van der Waals surface area (Å²) in [4.78, 5) is 23.6. The van der Waals surface area contributed by atoms with Crippen molar-refractivity contribution in [2.24, 2.45) is 23.4 Å². The monoisotopic (exact) mass is 387 g/mol. The lowest BCUT2D eigenvalue weighted by atomic mass is 10.1. The van der Waals surface area contributed by atoms with Crippen LogP contribution in [-0.4, -0.2) is 41.9 Å². The van der Waals surface area contributed by atoms with E-state index in [1.807, 2.05) is 0 Å². The van der Waals surface area contributed by atoms with Gasteiger partial charge < -0.3 is 31.3 Å². The Morgan fingerprint density at radius 2 is 2.14 bits per heavy atom. The van der Waals surface area contributed by atoms with Gasteiger partial charge in [0.05, 0.1) is 17.7 Å². The van der Waals surface area contributed by atoms with Gasteiger partial charge in [-0.15, -0.1) is 0 Å². The van der Waals surface area contributed by atoms with Crippen LogP contribution in [0.15, 0.2) is 47.4 Å². The second kappa shape index (κ2) is 9.05. The fourth-order valence-corrected chi connectivity index (χ4v) is 2.91. The van der Waals surface area contributed by atoms with Crippen LogP contribution in [0.25, 0.3) is 0 Å². The molecule has 1 aliphatic carbocycles. The van der Waals surface area contributed by atoms with Gasteiger partial charge in [-0.2, -0.15) is 0 Å². The average Bonchev–Trinajstić information content (AvgIpc) is 3.42. The second-order valence-electron chi connectivity index (χ2n) is 6.45. The van der Waals surface area contributed by atoms with E-state index >= 15 is 0 Å². The number of carbonyl (C=O) groups excluding carboxylic acids is 1. The Bertz CT molecular complexity index is 831. The van der Waals surface area contributed by atoms with E-state index in [-0.39, 0.29) is 29.6 Å². The average molecular weight is 387 g/mol. The first-order chi connectivity index (χ1) is 13.3. The van der Waals surface area contributed by atoms with Crippen LogP contribution in [0.3, 0.4) is 0 Å². The Labute approximate surface area is 163 Å². The van der Waals surface area contributed by atoms with Crippen molar-refractivity contribution in [1.29, 1.82) is 5.41 Å². The summed E-state index contributed by atoms with van der Waals surface area (Å²) in [5, 5.41) is 21.3. The number of benzene rings is 1. The molecule has 0 amide bonds. The van der Waals surface area contributed by atoms with E-state index < -0.39 is 11.9 Å². The van der Waals surface area contributed by atoms with Crippen LogP contribution < -0.4 is 16.9 Å². The maximum absolute atomic E-state index is 12.3. The van der Waals surface area contributed by atoms with Crippen molar-refractivity contribution in [3.8, 4) is 0 Å². The van der Waals surface area contributed by atoms with Gasteiger partial charge in [-0.3, -0.25) is 0 Å². The molecule has 0 saturated heterocycles. The number of nitrogens with one attached hydrogen (secondary N) is 2. The lowest BCUT2D eigenvalue weighted by Gasteiger charge is -2.16. The molecule has 0 bridgehead atoms. The molecule has 150 valence electrons. The third-order valence-corrected chi connectivity index (χ3v) is 4.26. The maximum atomic E-state index is 12.3. The molecular formula is C19H25N5O4. The fourth-order valence-electron chi connectivity index (χ4n) is 2.91. The summed E-state index contributed by atoms with van der Waals surface area (Å²) >= 11 is 0. The molecule has 0 heterocycles. The topological polar surface area (TPSA) is 155 Å². The molecule has 1 unspecified atom stereocenters. The minimum atomic E-state index is -1.06. The molecule has 9 nitrogen and oxygen atoms in total. The third kappa shape index (κ3) is 5.10. The van der Waals surface area contributed by atoms with Gasteiger partial charge in [-0.05, 0) is 31.5 Å². The van der Waals surface area contributed by atoms with E-state index in [4.69, 9.17) is 21.7 Å². The van der Waals surface area contributed by atoms with Crippen molar-refractivity contribution < 1.29 is 19.4 Å². The number of nitrogens with zero attached hydrogens (tertiary/aromatic N) is 1. The summed E-state index contributed by atoms with van der Waals surface area (Å²) < 4.78 is 5.06. The predicted molar refractivity (Wildman–Crippen MR) is 105 cm³/mol. The standard InChI is InChI=1S/C19H25N5O4/c1-3-28-19(27)15(9-20)17(14-8-13(14)16(21)10-24(2)22)23-12-6-4-5-11(7-12)18(25)26/h4-7,9-10,13-14,20,23H,3,8,21-22H2,1-2H3,(H,25,26)/b16-10-,17-15+,20-9?/t13?,14-/m1/s1. The zero-order chi connectivity index (χ0) is 20.8. The summed E-state index contributed by atoms with van der Waals surface area (Å²) in [5.74, 6) is 3.72. The van der Waals surface area contributed by atoms with Crippen molar-refractivity contribution in [1.82, 2.24) is 5.01 Å². The number of carboxylic acid groups (broad SMARTS) is 1. The van der Waals surface area contributed by atoms with Gasteiger partial charge in [-0.25, -0.2) is 15.4 Å². The number of esters is 1. The van der Waals surface area contributed by atoms with Crippen molar-refractivity contribution in [2.75, 3.05) is 19.0 Å². The van der Waals surface area contributed by atoms with Crippen LogP contribution >= 0.6 is 0 Å². The number of anilines is 1. The van der Waals surface area contributed by atoms with Gasteiger partial charge in [-0.1, -0.05) is 6.07 Å². The van der Waals surface area contributed by atoms with E-state index in [0.29, 0.717) is 23.5 Å². The third-order valence-electron chi connectivity index (χ3n) is 4.26. The molecular weight excluding hydrogens is 362 g/mol. The van der Waals surface area contributed by atoms with Gasteiger partial charge in [0.2, 0.25) is 0 Å². The number of hydrogen-bond donors (Lipinski definition) is 5. The normalized spacial score (nSPS) is 19.3. The van der Waals surface area contributed by atoms with Crippen molar-refractivity contribution >= 4 is 23.8 Å². The fraction of sp³-hybridized carbons (Fsp3) is 0.316. The molecule has 1 aromatic rings. The molecule has 1 aliphatic rings. The number of hydrazine groups is 1. The van der Waals surface area contributed by atoms with Gasteiger partial charge in [0.25, 0.3) is 0 Å². The highest BCUT2D eigenvalue weighted by Crippen LogP contribution is 2.48. The zero-order valence-corrected chi connectivity index (χ0v) is 15.8. The van der Waals surface area contributed by atoms with Gasteiger partial charge >= 0.3 is 11.9 Å².